The molecule has 0 saturated heterocycles. The molecule has 30 heavy (non-hydrogen) atoms. The zero-order chi connectivity index (χ0) is 22.3. The van der Waals surface area contributed by atoms with Crippen molar-refractivity contribution in [2.45, 2.75) is 59.9 Å². The first-order valence-electron chi connectivity index (χ1n) is 10.6. The highest BCUT2D eigenvalue weighted by Gasteiger charge is 2.18. The number of benzene rings is 2. The second-order valence-electron chi connectivity index (χ2n) is 7.79. The van der Waals surface area contributed by atoms with Crippen molar-refractivity contribution >= 4 is 21.6 Å². The van der Waals surface area contributed by atoms with Gasteiger partial charge in [0.05, 0.1) is 11.9 Å². The lowest BCUT2D eigenvalue weighted by atomic mass is 10.0. The minimum atomic E-state index is -3.42. The highest BCUT2D eigenvalue weighted by Crippen LogP contribution is 2.22. The van der Waals surface area contributed by atoms with E-state index in [1.54, 1.807) is 0 Å². The Labute approximate surface area is 181 Å². The molecule has 0 atom stereocenters. The molecule has 2 aromatic rings. The molecule has 0 fully saturated rings. The largest absolute Gasteiger partial charge is 0.352 e. The van der Waals surface area contributed by atoms with Gasteiger partial charge in [-0.05, 0) is 73.1 Å². The lowest BCUT2D eigenvalue weighted by Gasteiger charge is -2.23. The number of nitrogens with one attached hydrogen (secondary N) is 1. The van der Waals surface area contributed by atoms with Crippen LogP contribution in [0.15, 0.2) is 36.4 Å². The maximum atomic E-state index is 12.4. The van der Waals surface area contributed by atoms with Crippen molar-refractivity contribution in [2.75, 3.05) is 17.1 Å². The summed E-state index contributed by atoms with van der Waals surface area (Å²) in [7, 11) is -3.42. The molecule has 0 aliphatic heterocycles. The molecule has 0 heterocycles. The number of hydrogen-bond donors (Lipinski definition) is 1. The van der Waals surface area contributed by atoms with Crippen molar-refractivity contribution in [2.24, 2.45) is 0 Å². The molecule has 0 aromatic heterocycles. The van der Waals surface area contributed by atoms with E-state index >= 15 is 0 Å². The topological polar surface area (TPSA) is 66.5 Å². The summed E-state index contributed by atoms with van der Waals surface area (Å²) in [5, 5.41) is 2.99. The summed E-state index contributed by atoms with van der Waals surface area (Å²) in [5.41, 5.74) is 6.45. The molecular weight excluding hydrogens is 396 g/mol. The van der Waals surface area contributed by atoms with Gasteiger partial charge in [0, 0.05) is 19.5 Å². The fourth-order valence-electron chi connectivity index (χ4n) is 3.44. The summed E-state index contributed by atoms with van der Waals surface area (Å²) in [6.45, 7) is 8.97. The molecule has 0 aliphatic rings. The van der Waals surface area contributed by atoms with Crippen molar-refractivity contribution in [3.8, 4) is 0 Å². The van der Waals surface area contributed by atoms with Crippen LogP contribution >= 0.6 is 0 Å². The second kappa shape index (κ2) is 10.6. The van der Waals surface area contributed by atoms with Crippen molar-refractivity contribution in [1.29, 1.82) is 0 Å². The Balaban J connectivity index is 1.95. The molecule has 5 nitrogen and oxygen atoms in total. The number of nitrogens with zero attached hydrogens (tertiary/aromatic N) is 1. The first-order valence-corrected chi connectivity index (χ1v) is 12.4. The van der Waals surface area contributed by atoms with Gasteiger partial charge >= 0.3 is 0 Å². The highest BCUT2D eigenvalue weighted by atomic mass is 32.2. The molecule has 0 radical (unpaired) electrons. The molecule has 2 aromatic carbocycles. The summed E-state index contributed by atoms with van der Waals surface area (Å²) in [6.07, 6.45) is 3.84. The zero-order valence-corrected chi connectivity index (χ0v) is 19.6. The van der Waals surface area contributed by atoms with Gasteiger partial charge in [0.25, 0.3) is 0 Å². The maximum Gasteiger partial charge on any atom is 0.232 e. The molecule has 2 rings (SSSR count). The number of carbonyl (C=O) groups excluding carboxylic acids is 1. The molecule has 6 heteroatoms. The normalized spacial score (nSPS) is 11.4. The van der Waals surface area contributed by atoms with Gasteiger partial charge in [-0.15, -0.1) is 0 Å². The number of carbonyl (C=O) groups is 1. The van der Waals surface area contributed by atoms with E-state index < -0.39 is 10.0 Å². The van der Waals surface area contributed by atoms with Crippen molar-refractivity contribution in [1.82, 2.24) is 5.32 Å². The van der Waals surface area contributed by atoms with Gasteiger partial charge in [0.15, 0.2) is 0 Å². The number of anilines is 1. The summed E-state index contributed by atoms with van der Waals surface area (Å²) in [5.74, 6) is -0.0625. The van der Waals surface area contributed by atoms with Gasteiger partial charge in [-0.25, -0.2) is 8.42 Å². The minimum Gasteiger partial charge on any atom is -0.352 e. The summed E-state index contributed by atoms with van der Waals surface area (Å²) < 4.78 is 25.9. The Morgan fingerprint density at radius 2 is 1.70 bits per heavy atom. The highest BCUT2D eigenvalue weighted by molar-refractivity contribution is 7.92. The third-order valence-corrected chi connectivity index (χ3v) is 6.67. The third kappa shape index (κ3) is 6.59. The van der Waals surface area contributed by atoms with Crippen LogP contribution in [-0.2, 0) is 34.2 Å². The summed E-state index contributed by atoms with van der Waals surface area (Å²) in [6, 6.07) is 12.0. The van der Waals surface area contributed by atoms with Crippen molar-refractivity contribution in [3.05, 3.63) is 64.2 Å². The van der Waals surface area contributed by atoms with Gasteiger partial charge in [-0.3, -0.25) is 9.10 Å². The average molecular weight is 431 g/mol. The van der Waals surface area contributed by atoms with Crippen LogP contribution in [0.1, 0.15) is 54.5 Å². The molecule has 0 spiro atoms. The van der Waals surface area contributed by atoms with E-state index in [9.17, 15) is 13.2 Å². The first kappa shape index (κ1) is 23.9. The van der Waals surface area contributed by atoms with E-state index in [4.69, 9.17) is 0 Å². The van der Waals surface area contributed by atoms with Crippen LogP contribution in [0.5, 0.6) is 0 Å². The van der Waals surface area contributed by atoms with Gasteiger partial charge < -0.3 is 5.32 Å². The van der Waals surface area contributed by atoms with Crippen molar-refractivity contribution < 1.29 is 13.2 Å². The van der Waals surface area contributed by atoms with Gasteiger partial charge in [0.2, 0.25) is 15.9 Å². The number of rotatable bonds is 10. The van der Waals surface area contributed by atoms with E-state index in [0.29, 0.717) is 18.7 Å². The quantitative estimate of drug-likeness (QED) is 0.611. The Morgan fingerprint density at radius 1 is 0.967 bits per heavy atom. The molecule has 0 saturated carbocycles. The first-order chi connectivity index (χ1) is 14.2. The van der Waals surface area contributed by atoms with E-state index in [0.717, 1.165) is 29.5 Å². The fraction of sp³-hybridized carbons (Fsp3) is 0.458. The van der Waals surface area contributed by atoms with Crippen LogP contribution in [0.25, 0.3) is 0 Å². The van der Waals surface area contributed by atoms with Crippen LogP contribution in [0.2, 0.25) is 0 Å². The number of sulfonamides is 1. The molecular formula is C24H34N2O3S. The maximum absolute atomic E-state index is 12.4. The van der Waals surface area contributed by atoms with Gasteiger partial charge in [-0.1, -0.05) is 38.1 Å². The molecule has 0 aliphatic carbocycles. The summed E-state index contributed by atoms with van der Waals surface area (Å²) in [4.78, 5) is 12.4. The third-order valence-electron chi connectivity index (χ3n) is 5.48. The van der Waals surface area contributed by atoms with Gasteiger partial charge in [-0.2, -0.15) is 0 Å². The Morgan fingerprint density at radius 3 is 2.30 bits per heavy atom. The SMILES string of the molecule is CCc1ccc(CC)c(CNC(=O)CCCN(c2ccc(C)c(C)c2)S(C)(=O)=O)c1. The van der Waals surface area contributed by atoms with Crippen LogP contribution in [0, 0.1) is 13.8 Å². The van der Waals surface area contributed by atoms with Crippen LogP contribution in [0.4, 0.5) is 5.69 Å². The lowest BCUT2D eigenvalue weighted by Crippen LogP contribution is -2.32. The fourth-order valence-corrected chi connectivity index (χ4v) is 4.40. The van der Waals surface area contributed by atoms with Crippen molar-refractivity contribution in [3.63, 3.8) is 0 Å². The van der Waals surface area contributed by atoms with E-state index in [-0.39, 0.29) is 18.9 Å². The monoisotopic (exact) mass is 430 g/mol. The Hall–Kier alpha value is -2.34. The second-order valence-corrected chi connectivity index (χ2v) is 9.70. The number of amides is 1. The minimum absolute atomic E-state index is 0.0625. The molecule has 164 valence electrons. The molecule has 0 unspecified atom stereocenters. The number of hydrogen-bond acceptors (Lipinski definition) is 3. The molecule has 1 amide bonds. The van der Waals surface area contributed by atoms with E-state index in [1.165, 1.54) is 21.7 Å². The van der Waals surface area contributed by atoms with Crippen LogP contribution < -0.4 is 9.62 Å². The van der Waals surface area contributed by atoms with Gasteiger partial charge in [0.1, 0.15) is 0 Å². The molecule has 1 N–H and O–H groups in total. The smallest absolute Gasteiger partial charge is 0.232 e. The van der Waals surface area contributed by atoms with E-state index in [1.807, 2.05) is 32.0 Å². The Kier molecular flexibility index (Phi) is 8.47. The van der Waals surface area contributed by atoms with E-state index in [2.05, 4.69) is 37.4 Å². The van der Waals surface area contributed by atoms with Crippen LogP contribution in [-0.4, -0.2) is 27.1 Å². The predicted octanol–water partition coefficient (Wildman–Crippen LogP) is 4.29. The zero-order valence-electron chi connectivity index (χ0n) is 18.8. The summed E-state index contributed by atoms with van der Waals surface area (Å²) >= 11 is 0. The lowest BCUT2D eigenvalue weighted by molar-refractivity contribution is -0.121. The standard InChI is InChI=1S/C24H34N2O3S/c1-6-20-11-12-21(7-2)22(16-20)17-25-24(27)9-8-14-26(30(5,28)29)23-13-10-18(3)19(4)15-23/h10-13,15-16H,6-9,14,17H2,1-5H3,(H,25,27). The number of aryl methyl sites for hydroxylation is 4. The van der Waals surface area contributed by atoms with Crippen LogP contribution in [0.3, 0.4) is 0 Å². The molecule has 0 bridgehead atoms. The predicted molar refractivity (Wildman–Crippen MR) is 124 cm³/mol. The average Bonchev–Trinajstić information content (AvgIpc) is 2.70. The Bertz CT molecular complexity index is 984.